The normalized spacial score (nSPS) is 25.4. The maximum absolute atomic E-state index is 11.0. The molecule has 27 heavy (non-hydrogen) atoms. The second-order valence-corrected chi connectivity index (χ2v) is 7.94. The van der Waals surface area contributed by atoms with Crippen molar-refractivity contribution in [3.05, 3.63) is 71.8 Å². The van der Waals surface area contributed by atoms with Crippen LogP contribution in [0.5, 0.6) is 0 Å². The van der Waals surface area contributed by atoms with Crippen LogP contribution in [0, 0.1) is 0 Å². The third kappa shape index (κ3) is 4.07. The molecule has 1 fully saturated rings. The molecule has 0 atom stereocenters. The van der Waals surface area contributed by atoms with Crippen LogP contribution in [0.4, 0.5) is 0 Å². The lowest BCUT2D eigenvalue weighted by atomic mass is 9.62. The average molecular weight is 367 g/mol. The minimum atomic E-state index is -0.805. The molecule has 4 heteroatoms. The molecule has 0 aromatic heterocycles. The number of rotatable bonds is 7. The Labute approximate surface area is 162 Å². The maximum atomic E-state index is 11.0. The molecule has 1 aliphatic carbocycles. The van der Waals surface area contributed by atoms with Crippen molar-refractivity contribution in [2.24, 2.45) is 0 Å². The summed E-state index contributed by atoms with van der Waals surface area (Å²) in [4.78, 5) is 13.4. The van der Waals surface area contributed by atoms with Gasteiger partial charge in [-0.05, 0) is 50.9 Å². The predicted molar refractivity (Wildman–Crippen MR) is 109 cm³/mol. The summed E-state index contributed by atoms with van der Waals surface area (Å²) in [7, 11) is 4.34. The van der Waals surface area contributed by atoms with E-state index in [9.17, 15) is 4.79 Å². The van der Waals surface area contributed by atoms with Crippen molar-refractivity contribution < 1.29 is 9.90 Å². The minimum absolute atomic E-state index is 0.00604. The molecule has 1 aliphatic rings. The summed E-state index contributed by atoms with van der Waals surface area (Å²) in [5.41, 5.74) is 2.69. The van der Waals surface area contributed by atoms with Gasteiger partial charge in [0.1, 0.15) is 0 Å². The van der Waals surface area contributed by atoms with Gasteiger partial charge in [-0.3, -0.25) is 9.69 Å². The van der Waals surface area contributed by atoms with Crippen LogP contribution in [0.15, 0.2) is 60.7 Å². The smallest absolute Gasteiger partial charge is 0.317 e. The fraction of sp³-hybridized carbons (Fsp3) is 0.435. The van der Waals surface area contributed by atoms with Gasteiger partial charge in [0.25, 0.3) is 0 Å². The van der Waals surface area contributed by atoms with Crippen LogP contribution < -0.4 is 5.32 Å². The van der Waals surface area contributed by atoms with Crippen LogP contribution in [-0.4, -0.2) is 43.2 Å². The van der Waals surface area contributed by atoms with E-state index in [1.54, 1.807) is 0 Å². The molecule has 0 heterocycles. The molecule has 0 radical (unpaired) electrons. The summed E-state index contributed by atoms with van der Waals surface area (Å²) in [5.74, 6) is -0.805. The molecule has 0 amide bonds. The Bertz CT molecular complexity index is 735. The van der Waals surface area contributed by atoms with E-state index in [0.717, 1.165) is 25.7 Å². The van der Waals surface area contributed by atoms with E-state index in [2.05, 4.69) is 78.9 Å². The fourth-order valence-electron chi connectivity index (χ4n) is 4.65. The molecule has 0 aliphatic heterocycles. The largest absolute Gasteiger partial charge is 0.480 e. The molecule has 2 N–H and O–H groups in total. The number of nitrogens with zero attached hydrogens (tertiary/aromatic N) is 1. The zero-order valence-electron chi connectivity index (χ0n) is 16.3. The van der Waals surface area contributed by atoms with Gasteiger partial charge in [-0.2, -0.15) is 0 Å². The molecule has 144 valence electrons. The maximum Gasteiger partial charge on any atom is 0.317 e. The van der Waals surface area contributed by atoms with Crippen LogP contribution in [0.2, 0.25) is 0 Å². The van der Waals surface area contributed by atoms with Gasteiger partial charge < -0.3 is 10.4 Å². The number of benzene rings is 2. The Hall–Kier alpha value is -2.17. The molecule has 2 aromatic rings. The molecule has 0 unspecified atom stereocenters. The van der Waals surface area contributed by atoms with Crippen LogP contribution in [0.25, 0.3) is 0 Å². The van der Waals surface area contributed by atoms with E-state index in [0.29, 0.717) is 6.54 Å². The number of hydrogen-bond acceptors (Lipinski definition) is 3. The highest BCUT2D eigenvalue weighted by molar-refractivity contribution is 5.69. The number of carboxylic acid groups (broad SMARTS) is 1. The van der Waals surface area contributed by atoms with Crippen molar-refractivity contribution in [2.75, 3.05) is 27.2 Å². The van der Waals surface area contributed by atoms with Gasteiger partial charge in [0.2, 0.25) is 0 Å². The molecule has 0 saturated heterocycles. The summed E-state index contributed by atoms with van der Waals surface area (Å²) in [6.45, 7) is 0.702. The molecular formula is C23H30N2O2. The topological polar surface area (TPSA) is 52.6 Å². The lowest BCUT2D eigenvalue weighted by Crippen LogP contribution is -2.51. The monoisotopic (exact) mass is 366 g/mol. The van der Waals surface area contributed by atoms with E-state index in [-0.39, 0.29) is 17.5 Å². The van der Waals surface area contributed by atoms with Gasteiger partial charge in [0.05, 0.1) is 6.54 Å². The minimum Gasteiger partial charge on any atom is -0.480 e. The highest BCUT2D eigenvalue weighted by atomic mass is 16.4. The summed E-state index contributed by atoms with van der Waals surface area (Å²) in [5, 5.41) is 12.2. The Morgan fingerprint density at radius 1 is 0.926 bits per heavy atom. The van der Waals surface area contributed by atoms with Crippen LogP contribution in [-0.2, 0) is 15.7 Å². The first-order valence-electron chi connectivity index (χ1n) is 9.70. The van der Waals surface area contributed by atoms with Crippen LogP contribution in [0.1, 0.15) is 36.8 Å². The third-order valence-electron chi connectivity index (χ3n) is 6.33. The van der Waals surface area contributed by atoms with Crippen molar-refractivity contribution in [2.45, 2.75) is 36.6 Å². The Morgan fingerprint density at radius 2 is 1.44 bits per heavy atom. The standard InChI is InChI=1S/C23H30N2O2/c1-25(2)23(20-11-7-4-8-12-20)15-13-22(14-16-23,18-24-17-21(26)27)19-9-5-3-6-10-19/h3-12,24H,13-18H2,1-2H3,(H,26,27). The first-order valence-corrected chi connectivity index (χ1v) is 9.70. The highest BCUT2D eigenvalue weighted by Gasteiger charge is 2.45. The molecule has 2 aromatic carbocycles. The third-order valence-corrected chi connectivity index (χ3v) is 6.33. The first-order chi connectivity index (χ1) is 13.0. The lowest BCUT2D eigenvalue weighted by Gasteiger charge is -2.50. The molecule has 1 saturated carbocycles. The van der Waals surface area contributed by atoms with Gasteiger partial charge in [0.15, 0.2) is 0 Å². The summed E-state index contributed by atoms with van der Waals surface area (Å²) >= 11 is 0. The van der Waals surface area contributed by atoms with Crippen molar-refractivity contribution in [3.8, 4) is 0 Å². The fourth-order valence-corrected chi connectivity index (χ4v) is 4.65. The van der Waals surface area contributed by atoms with E-state index < -0.39 is 5.97 Å². The molecule has 3 rings (SSSR count). The lowest BCUT2D eigenvalue weighted by molar-refractivity contribution is -0.136. The van der Waals surface area contributed by atoms with E-state index in [4.69, 9.17) is 5.11 Å². The quantitative estimate of drug-likeness (QED) is 0.786. The van der Waals surface area contributed by atoms with Gasteiger partial charge in [-0.15, -0.1) is 0 Å². The van der Waals surface area contributed by atoms with Crippen molar-refractivity contribution >= 4 is 5.97 Å². The van der Waals surface area contributed by atoms with Crippen molar-refractivity contribution in [3.63, 3.8) is 0 Å². The molecule has 4 nitrogen and oxygen atoms in total. The SMILES string of the molecule is CN(C)C1(c2ccccc2)CCC(CNCC(=O)O)(c2ccccc2)CC1. The zero-order chi connectivity index (χ0) is 19.3. The van der Waals surface area contributed by atoms with E-state index in [1.807, 2.05) is 6.07 Å². The van der Waals surface area contributed by atoms with Gasteiger partial charge in [-0.25, -0.2) is 0 Å². The number of nitrogens with one attached hydrogen (secondary N) is 1. The average Bonchev–Trinajstić information content (AvgIpc) is 2.69. The summed E-state index contributed by atoms with van der Waals surface area (Å²) < 4.78 is 0. The van der Waals surface area contributed by atoms with Crippen molar-refractivity contribution in [1.29, 1.82) is 0 Å². The number of carboxylic acids is 1. The molecule has 0 bridgehead atoms. The van der Waals surface area contributed by atoms with E-state index in [1.165, 1.54) is 11.1 Å². The van der Waals surface area contributed by atoms with Crippen LogP contribution >= 0.6 is 0 Å². The zero-order valence-corrected chi connectivity index (χ0v) is 16.3. The Balaban J connectivity index is 1.87. The second kappa shape index (κ2) is 8.24. The van der Waals surface area contributed by atoms with Crippen molar-refractivity contribution in [1.82, 2.24) is 10.2 Å². The first kappa shape index (κ1) is 19.6. The van der Waals surface area contributed by atoms with Gasteiger partial charge >= 0.3 is 5.97 Å². The Kier molecular flexibility index (Phi) is 5.98. The number of aliphatic carboxylic acids is 1. The Morgan fingerprint density at radius 3 is 1.93 bits per heavy atom. The highest BCUT2D eigenvalue weighted by Crippen LogP contribution is 2.49. The summed E-state index contributed by atoms with van der Waals surface area (Å²) in [6, 6.07) is 21.4. The summed E-state index contributed by atoms with van der Waals surface area (Å²) in [6.07, 6.45) is 4.15. The van der Waals surface area contributed by atoms with Crippen LogP contribution in [0.3, 0.4) is 0 Å². The van der Waals surface area contributed by atoms with E-state index >= 15 is 0 Å². The van der Waals surface area contributed by atoms with Gasteiger partial charge in [-0.1, -0.05) is 60.7 Å². The molecular weight excluding hydrogens is 336 g/mol. The predicted octanol–water partition coefficient (Wildman–Crippen LogP) is 3.63. The number of carbonyl (C=O) groups is 1. The van der Waals surface area contributed by atoms with Gasteiger partial charge in [0, 0.05) is 17.5 Å². The second-order valence-electron chi connectivity index (χ2n) is 7.94. The number of hydrogen-bond donors (Lipinski definition) is 2. The molecule has 0 spiro atoms.